The number of hydrogen-bond donors (Lipinski definition) is 1. The zero-order valence-electron chi connectivity index (χ0n) is 10.4. The average Bonchev–Trinajstić information content (AvgIpc) is 2.69. The van der Waals surface area contributed by atoms with E-state index in [0.717, 1.165) is 31.3 Å². The molecule has 0 atom stereocenters. The quantitative estimate of drug-likeness (QED) is 0.599. The number of nitrogens with zero attached hydrogens (tertiary/aromatic N) is 1. The van der Waals surface area contributed by atoms with Crippen LogP contribution in [0, 0.1) is 6.92 Å². The Hall–Kier alpha value is -1.14. The van der Waals surface area contributed by atoms with Crippen LogP contribution >= 0.6 is 11.3 Å². The molecule has 0 saturated heterocycles. The van der Waals surface area contributed by atoms with E-state index in [2.05, 4.69) is 15.0 Å². The lowest BCUT2D eigenvalue weighted by Crippen LogP contribution is -2.05. The van der Waals surface area contributed by atoms with Crippen molar-refractivity contribution in [3.63, 3.8) is 0 Å². The van der Waals surface area contributed by atoms with Crippen LogP contribution < -0.4 is 5.32 Å². The monoisotopic (exact) mass is 258 g/mol. The normalized spacial score (nSPS) is 10.3. The van der Waals surface area contributed by atoms with Crippen molar-refractivity contribution in [2.45, 2.75) is 20.3 Å². The fourth-order valence-electron chi connectivity index (χ4n) is 1.27. The molecule has 0 unspecified atom stereocenters. The molecule has 1 N–H and O–H groups in total. The Kier molecular flexibility index (Phi) is 5.93. The zero-order valence-corrected chi connectivity index (χ0v) is 11.2. The molecule has 1 aromatic rings. The Morgan fingerprint density at radius 1 is 1.53 bits per heavy atom. The molecule has 0 amide bonds. The maximum Gasteiger partial charge on any atom is 0.350 e. The Morgan fingerprint density at radius 2 is 2.29 bits per heavy atom. The van der Waals surface area contributed by atoms with Crippen molar-refractivity contribution >= 4 is 22.4 Å². The summed E-state index contributed by atoms with van der Waals surface area (Å²) >= 11 is 1.32. The maximum atomic E-state index is 11.4. The molecule has 0 aliphatic rings. The van der Waals surface area contributed by atoms with Crippen LogP contribution in [0.15, 0.2) is 0 Å². The van der Waals surface area contributed by atoms with Crippen LogP contribution in [0.1, 0.15) is 28.7 Å². The Balaban J connectivity index is 2.42. The molecular weight excluding hydrogens is 240 g/mol. The third-order valence-corrected chi connectivity index (χ3v) is 3.21. The van der Waals surface area contributed by atoms with E-state index in [0.29, 0.717) is 10.6 Å². The lowest BCUT2D eigenvalue weighted by molar-refractivity contribution is 0.0605. The molecule has 6 heteroatoms. The number of carbonyl (C=O) groups is 1. The van der Waals surface area contributed by atoms with E-state index in [9.17, 15) is 4.79 Å². The first kappa shape index (κ1) is 13.9. The second kappa shape index (κ2) is 7.24. The summed E-state index contributed by atoms with van der Waals surface area (Å²) in [5, 5.41) is 3.91. The molecule has 1 heterocycles. The van der Waals surface area contributed by atoms with Crippen LogP contribution in [0.2, 0.25) is 0 Å². The van der Waals surface area contributed by atoms with E-state index >= 15 is 0 Å². The number of hydrogen-bond acceptors (Lipinski definition) is 6. The molecule has 0 radical (unpaired) electrons. The smallest absolute Gasteiger partial charge is 0.350 e. The second-order valence-electron chi connectivity index (χ2n) is 3.40. The highest BCUT2D eigenvalue weighted by Crippen LogP contribution is 2.22. The predicted molar refractivity (Wildman–Crippen MR) is 67.8 cm³/mol. The van der Waals surface area contributed by atoms with Gasteiger partial charge in [-0.05, 0) is 20.3 Å². The van der Waals surface area contributed by atoms with Gasteiger partial charge in [0.05, 0.1) is 12.8 Å². The number of aryl methyl sites for hydroxylation is 1. The van der Waals surface area contributed by atoms with Gasteiger partial charge in [-0.2, -0.15) is 0 Å². The van der Waals surface area contributed by atoms with Gasteiger partial charge in [0.2, 0.25) is 0 Å². The molecule has 0 aromatic carbocycles. The lowest BCUT2D eigenvalue weighted by Gasteiger charge is -2.02. The van der Waals surface area contributed by atoms with Crippen molar-refractivity contribution in [2.75, 3.05) is 32.2 Å². The van der Waals surface area contributed by atoms with Crippen molar-refractivity contribution in [1.29, 1.82) is 0 Å². The van der Waals surface area contributed by atoms with Crippen LogP contribution in [-0.4, -0.2) is 37.8 Å². The standard InChI is InChI=1S/C11H18N2O3S/c1-4-16-7-5-6-12-11-13-8(2)9(17-11)10(14)15-3/h4-7H2,1-3H3,(H,12,13). The van der Waals surface area contributed by atoms with Crippen LogP contribution in [0.25, 0.3) is 0 Å². The molecule has 1 rings (SSSR count). The Morgan fingerprint density at radius 3 is 2.94 bits per heavy atom. The summed E-state index contributed by atoms with van der Waals surface area (Å²) in [5.41, 5.74) is 0.703. The second-order valence-corrected chi connectivity index (χ2v) is 4.40. The van der Waals surface area contributed by atoms with Gasteiger partial charge in [0, 0.05) is 19.8 Å². The van der Waals surface area contributed by atoms with Crippen molar-refractivity contribution in [3.8, 4) is 0 Å². The van der Waals surface area contributed by atoms with Gasteiger partial charge in [0.1, 0.15) is 4.88 Å². The Bertz CT molecular complexity index is 366. The molecule has 0 aliphatic heterocycles. The molecule has 5 nitrogen and oxygen atoms in total. The number of methoxy groups -OCH3 is 1. The number of thiazole rings is 1. The van der Waals surface area contributed by atoms with Gasteiger partial charge in [0.15, 0.2) is 5.13 Å². The van der Waals surface area contributed by atoms with E-state index in [1.54, 1.807) is 6.92 Å². The molecule has 0 spiro atoms. The first-order chi connectivity index (χ1) is 8.19. The van der Waals surface area contributed by atoms with Crippen LogP contribution in [0.3, 0.4) is 0 Å². The van der Waals surface area contributed by atoms with Gasteiger partial charge < -0.3 is 14.8 Å². The summed E-state index contributed by atoms with van der Waals surface area (Å²) in [5.74, 6) is -0.331. The predicted octanol–water partition coefficient (Wildman–Crippen LogP) is 2.08. The first-order valence-electron chi connectivity index (χ1n) is 5.56. The summed E-state index contributed by atoms with van der Waals surface area (Å²) in [6.07, 6.45) is 0.917. The molecule has 17 heavy (non-hydrogen) atoms. The van der Waals surface area contributed by atoms with Crippen LogP contribution in [0.5, 0.6) is 0 Å². The highest BCUT2D eigenvalue weighted by Gasteiger charge is 2.15. The van der Waals surface area contributed by atoms with E-state index in [1.165, 1.54) is 18.4 Å². The number of carbonyl (C=O) groups excluding carboxylic acids is 1. The fraction of sp³-hybridized carbons (Fsp3) is 0.636. The third kappa shape index (κ3) is 4.32. The summed E-state index contributed by atoms with van der Waals surface area (Å²) in [4.78, 5) is 16.2. The summed E-state index contributed by atoms with van der Waals surface area (Å²) in [7, 11) is 1.37. The van der Waals surface area contributed by atoms with Crippen LogP contribution in [0.4, 0.5) is 5.13 Å². The summed E-state index contributed by atoms with van der Waals surface area (Å²) in [6.45, 7) is 6.03. The fourth-order valence-corrected chi connectivity index (χ4v) is 2.18. The first-order valence-corrected chi connectivity index (χ1v) is 6.38. The molecule has 0 saturated carbocycles. The minimum atomic E-state index is -0.331. The number of nitrogens with one attached hydrogen (secondary N) is 1. The highest BCUT2D eigenvalue weighted by atomic mass is 32.1. The van der Waals surface area contributed by atoms with Crippen molar-refractivity contribution < 1.29 is 14.3 Å². The minimum absolute atomic E-state index is 0.331. The van der Waals surface area contributed by atoms with E-state index < -0.39 is 0 Å². The number of ether oxygens (including phenoxy) is 2. The van der Waals surface area contributed by atoms with E-state index in [1.807, 2.05) is 6.92 Å². The maximum absolute atomic E-state index is 11.4. The van der Waals surface area contributed by atoms with Crippen LogP contribution in [-0.2, 0) is 9.47 Å². The number of aromatic nitrogens is 1. The van der Waals surface area contributed by atoms with E-state index in [4.69, 9.17) is 4.74 Å². The molecular formula is C11H18N2O3S. The van der Waals surface area contributed by atoms with Gasteiger partial charge in [-0.1, -0.05) is 11.3 Å². The molecule has 96 valence electrons. The molecule has 1 aromatic heterocycles. The summed E-state index contributed by atoms with van der Waals surface area (Å²) < 4.78 is 9.90. The Labute approximate surface area is 105 Å². The van der Waals surface area contributed by atoms with Crippen molar-refractivity contribution in [3.05, 3.63) is 10.6 Å². The zero-order chi connectivity index (χ0) is 12.7. The summed E-state index contributed by atoms with van der Waals surface area (Å²) in [6, 6.07) is 0. The van der Waals surface area contributed by atoms with E-state index in [-0.39, 0.29) is 5.97 Å². The lowest BCUT2D eigenvalue weighted by atomic mass is 10.4. The van der Waals surface area contributed by atoms with Gasteiger partial charge in [-0.3, -0.25) is 0 Å². The van der Waals surface area contributed by atoms with Gasteiger partial charge in [0.25, 0.3) is 0 Å². The topological polar surface area (TPSA) is 60.5 Å². The van der Waals surface area contributed by atoms with Gasteiger partial charge in [-0.25, -0.2) is 9.78 Å². The number of rotatable bonds is 7. The third-order valence-electron chi connectivity index (χ3n) is 2.11. The minimum Gasteiger partial charge on any atom is -0.465 e. The van der Waals surface area contributed by atoms with Gasteiger partial charge >= 0.3 is 5.97 Å². The molecule has 0 aliphatic carbocycles. The molecule has 0 bridgehead atoms. The van der Waals surface area contributed by atoms with Gasteiger partial charge in [-0.15, -0.1) is 0 Å². The number of esters is 1. The highest BCUT2D eigenvalue weighted by molar-refractivity contribution is 7.17. The molecule has 0 fully saturated rings. The van der Waals surface area contributed by atoms with Crippen molar-refractivity contribution in [1.82, 2.24) is 4.98 Å². The number of anilines is 1. The average molecular weight is 258 g/mol. The SMILES string of the molecule is CCOCCCNc1nc(C)c(C(=O)OC)s1. The largest absolute Gasteiger partial charge is 0.465 e. The van der Waals surface area contributed by atoms with Crippen molar-refractivity contribution in [2.24, 2.45) is 0 Å².